The summed E-state index contributed by atoms with van der Waals surface area (Å²) in [6.45, 7) is 0. The molecule has 0 saturated carbocycles. The van der Waals surface area contributed by atoms with E-state index in [2.05, 4.69) is 20.1 Å². The normalized spacial score (nSPS) is 10.9. The Morgan fingerprint density at radius 3 is 2.78 bits per heavy atom. The molecule has 9 heteroatoms. The van der Waals surface area contributed by atoms with Crippen LogP contribution >= 0.6 is 0 Å². The van der Waals surface area contributed by atoms with E-state index in [1.54, 1.807) is 24.4 Å². The van der Waals surface area contributed by atoms with E-state index in [1.807, 2.05) is 0 Å². The molecular formula is C18H11F2N5O2. The second-order valence-corrected chi connectivity index (χ2v) is 5.58. The highest BCUT2D eigenvalue weighted by atomic mass is 19.2. The summed E-state index contributed by atoms with van der Waals surface area (Å²) in [5.74, 6) is -2.41. The summed E-state index contributed by atoms with van der Waals surface area (Å²) < 4.78 is 33.2. The summed E-state index contributed by atoms with van der Waals surface area (Å²) in [6.07, 6.45) is 5.49. The molecule has 0 radical (unpaired) electrons. The lowest BCUT2D eigenvalue weighted by molar-refractivity contribution is 0.0992. The third-order valence-electron chi connectivity index (χ3n) is 3.73. The largest absolute Gasteiger partial charge is 0.454 e. The Hall–Kier alpha value is -3.75. The second-order valence-electron chi connectivity index (χ2n) is 5.58. The highest BCUT2D eigenvalue weighted by Crippen LogP contribution is 2.25. The van der Waals surface area contributed by atoms with Crippen molar-refractivity contribution in [2.24, 2.45) is 0 Å². The molecule has 4 heterocycles. The maximum atomic E-state index is 13.3. The number of ketones is 1. The number of carbonyl (C=O) groups excluding carboxylic acids is 1. The molecule has 0 bridgehead atoms. The van der Waals surface area contributed by atoms with Gasteiger partial charge in [0.2, 0.25) is 5.95 Å². The molecule has 0 aliphatic heterocycles. The molecule has 0 saturated heterocycles. The molecule has 134 valence electrons. The number of nitrogens with zero attached hydrogens (tertiary/aromatic N) is 5. The van der Waals surface area contributed by atoms with Crippen molar-refractivity contribution < 1.29 is 18.3 Å². The zero-order valence-corrected chi connectivity index (χ0v) is 13.7. The minimum atomic E-state index is -1.22. The molecular weight excluding hydrogens is 356 g/mol. The summed E-state index contributed by atoms with van der Waals surface area (Å²) in [7, 11) is 0. The SMILES string of the molecule is O=C(Cc1ccccn1)c1cc(Oc2cnc(F)c(F)c2)cn2ncnc12. The fraction of sp³-hybridized carbons (Fsp3) is 0.0556. The number of carbonyl (C=O) groups is 1. The molecule has 0 spiro atoms. The van der Waals surface area contributed by atoms with Crippen LogP contribution in [0.5, 0.6) is 11.5 Å². The van der Waals surface area contributed by atoms with Crippen LogP contribution in [0, 0.1) is 11.8 Å². The second kappa shape index (κ2) is 6.87. The van der Waals surface area contributed by atoms with Gasteiger partial charge in [-0.3, -0.25) is 9.78 Å². The van der Waals surface area contributed by atoms with Gasteiger partial charge in [0.25, 0.3) is 0 Å². The quantitative estimate of drug-likeness (QED) is 0.398. The van der Waals surface area contributed by atoms with Crippen LogP contribution in [0.3, 0.4) is 0 Å². The Kier molecular flexibility index (Phi) is 4.25. The van der Waals surface area contributed by atoms with E-state index in [0.717, 1.165) is 12.3 Å². The molecule has 0 atom stereocenters. The molecule has 4 rings (SSSR count). The summed E-state index contributed by atoms with van der Waals surface area (Å²) in [5, 5.41) is 4.01. The van der Waals surface area contributed by atoms with E-state index in [-0.39, 0.29) is 29.3 Å². The van der Waals surface area contributed by atoms with Crippen LogP contribution in [0.2, 0.25) is 0 Å². The van der Waals surface area contributed by atoms with Crippen molar-refractivity contribution in [2.75, 3.05) is 0 Å². The third-order valence-corrected chi connectivity index (χ3v) is 3.73. The number of aromatic nitrogens is 5. The van der Waals surface area contributed by atoms with Crippen molar-refractivity contribution in [1.29, 1.82) is 0 Å². The maximum Gasteiger partial charge on any atom is 0.249 e. The van der Waals surface area contributed by atoms with E-state index in [0.29, 0.717) is 11.3 Å². The van der Waals surface area contributed by atoms with Gasteiger partial charge in [-0.1, -0.05) is 6.07 Å². The Morgan fingerprint density at radius 1 is 1.11 bits per heavy atom. The van der Waals surface area contributed by atoms with E-state index in [9.17, 15) is 13.6 Å². The summed E-state index contributed by atoms with van der Waals surface area (Å²) in [5.41, 5.74) is 1.23. The monoisotopic (exact) mass is 367 g/mol. The average Bonchev–Trinajstić information content (AvgIpc) is 3.13. The van der Waals surface area contributed by atoms with Gasteiger partial charge in [0.15, 0.2) is 17.2 Å². The molecule has 4 aromatic rings. The zero-order chi connectivity index (χ0) is 18.8. The Morgan fingerprint density at radius 2 is 2.00 bits per heavy atom. The van der Waals surface area contributed by atoms with E-state index in [1.165, 1.54) is 23.1 Å². The van der Waals surface area contributed by atoms with Crippen LogP contribution in [0.15, 0.2) is 55.2 Å². The minimum absolute atomic E-state index is 0.0171. The number of pyridine rings is 3. The maximum absolute atomic E-state index is 13.3. The minimum Gasteiger partial charge on any atom is -0.454 e. The van der Waals surface area contributed by atoms with Crippen LogP contribution in [0.1, 0.15) is 16.1 Å². The molecule has 0 unspecified atom stereocenters. The third kappa shape index (κ3) is 3.47. The highest BCUT2D eigenvalue weighted by Gasteiger charge is 2.16. The van der Waals surface area contributed by atoms with Crippen molar-refractivity contribution in [1.82, 2.24) is 24.6 Å². The number of hydrogen-bond donors (Lipinski definition) is 0. The number of fused-ring (bicyclic) bond motifs is 1. The fourth-order valence-corrected chi connectivity index (χ4v) is 2.52. The van der Waals surface area contributed by atoms with Crippen molar-refractivity contribution >= 4 is 11.4 Å². The summed E-state index contributed by atoms with van der Waals surface area (Å²) in [6, 6.07) is 7.62. The predicted molar refractivity (Wildman–Crippen MR) is 89.5 cm³/mol. The molecule has 7 nitrogen and oxygen atoms in total. The van der Waals surface area contributed by atoms with E-state index in [4.69, 9.17) is 4.74 Å². The number of halogens is 2. The average molecular weight is 367 g/mol. The van der Waals surface area contributed by atoms with Gasteiger partial charge in [0.1, 0.15) is 17.8 Å². The first-order valence-corrected chi connectivity index (χ1v) is 7.85. The van der Waals surface area contributed by atoms with Crippen molar-refractivity contribution in [2.45, 2.75) is 6.42 Å². The van der Waals surface area contributed by atoms with Gasteiger partial charge in [-0.15, -0.1) is 0 Å². The predicted octanol–water partition coefficient (Wildman–Crippen LogP) is 3.02. The van der Waals surface area contributed by atoms with Crippen LogP contribution < -0.4 is 4.74 Å². The summed E-state index contributed by atoms with van der Waals surface area (Å²) >= 11 is 0. The molecule has 27 heavy (non-hydrogen) atoms. The van der Waals surface area contributed by atoms with Gasteiger partial charge in [0.05, 0.1) is 24.4 Å². The first kappa shape index (κ1) is 16.7. The molecule has 0 aromatic carbocycles. The number of Topliss-reactive ketones (excluding diaryl/α,β-unsaturated/α-hetero) is 1. The molecule has 0 fully saturated rings. The fourth-order valence-electron chi connectivity index (χ4n) is 2.52. The lowest BCUT2D eigenvalue weighted by atomic mass is 10.1. The molecule has 0 aliphatic rings. The first-order chi connectivity index (χ1) is 13.1. The van der Waals surface area contributed by atoms with E-state index >= 15 is 0 Å². The van der Waals surface area contributed by atoms with Gasteiger partial charge < -0.3 is 4.74 Å². The smallest absolute Gasteiger partial charge is 0.249 e. The lowest BCUT2D eigenvalue weighted by Gasteiger charge is -2.09. The van der Waals surface area contributed by atoms with E-state index < -0.39 is 11.8 Å². The van der Waals surface area contributed by atoms with Crippen molar-refractivity contribution in [3.8, 4) is 11.5 Å². The Balaban J connectivity index is 1.69. The van der Waals surface area contributed by atoms with Gasteiger partial charge in [-0.05, 0) is 18.2 Å². The standard InChI is InChI=1S/C18H11F2N5O2/c19-15-7-12(8-22-17(15)20)27-13-6-14(18-23-10-24-25(18)9-13)16(26)5-11-3-1-2-4-21-11/h1-4,6-10H,5H2. The first-order valence-electron chi connectivity index (χ1n) is 7.85. The zero-order valence-electron chi connectivity index (χ0n) is 13.7. The van der Waals surface area contributed by atoms with Crippen LogP contribution in [0.4, 0.5) is 8.78 Å². The van der Waals surface area contributed by atoms with Gasteiger partial charge in [-0.2, -0.15) is 9.49 Å². The van der Waals surface area contributed by atoms with Gasteiger partial charge in [-0.25, -0.2) is 18.9 Å². The number of rotatable bonds is 5. The van der Waals surface area contributed by atoms with Crippen LogP contribution in [-0.2, 0) is 6.42 Å². The Bertz CT molecular complexity index is 1130. The molecule has 0 N–H and O–H groups in total. The Labute approximate surface area is 151 Å². The van der Waals surface area contributed by atoms with Gasteiger partial charge >= 0.3 is 0 Å². The van der Waals surface area contributed by atoms with Crippen molar-refractivity contribution in [3.63, 3.8) is 0 Å². The molecule has 4 aromatic heterocycles. The van der Waals surface area contributed by atoms with Gasteiger partial charge in [0, 0.05) is 18.0 Å². The topological polar surface area (TPSA) is 82.3 Å². The van der Waals surface area contributed by atoms with Crippen LogP contribution in [0.25, 0.3) is 5.65 Å². The van der Waals surface area contributed by atoms with Crippen LogP contribution in [-0.4, -0.2) is 30.3 Å². The molecule has 0 aliphatic carbocycles. The highest BCUT2D eigenvalue weighted by molar-refractivity contribution is 6.02. The summed E-state index contributed by atoms with van der Waals surface area (Å²) in [4.78, 5) is 24.2. The van der Waals surface area contributed by atoms with Crippen molar-refractivity contribution in [3.05, 3.63) is 78.3 Å². The lowest BCUT2D eigenvalue weighted by Crippen LogP contribution is -2.08. The molecule has 0 amide bonds. The number of ether oxygens (including phenoxy) is 1. The number of hydrogen-bond acceptors (Lipinski definition) is 6.